The third kappa shape index (κ3) is 6.41. The molecule has 9 heteroatoms. The summed E-state index contributed by atoms with van der Waals surface area (Å²) < 4.78 is 16.5. The van der Waals surface area contributed by atoms with Crippen molar-refractivity contribution in [3.63, 3.8) is 0 Å². The van der Waals surface area contributed by atoms with Gasteiger partial charge < -0.3 is 29.3 Å². The lowest BCUT2D eigenvalue weighted by atomic mass is 10.0. The number of hydrogen-bond donors (Lipinski definition) is 1. The Morgan fingerprint density at radius 2 is 1.94 bits per heavy atom. The summed E-state index contributed by atoms with van der Waals surface area (Å²) >= 11 is 0. The van der Waals surface area contributed by atoms with E-state index in [1.807, 2.05) is 13.8 Å². The third-order valence-electron chi connectivity index (χ3n) is 5.41. The number of carbonyl (C=O) groups is 3. The van der Waals surface area contributed by atoms with Crippen molar-refractivity contribution >= 4 is 23.4 Å². The summed E-state index contributed by atoms with van der Waals surface area (Å²) in [6, 6.07) is 4.67. The van der Waals surface area contributed by atoms with Gasteiger partial charge in [-0.2, -0.15) is 0 Å². The molecule has 172 valence electrons. The van der Waals surface area contributed by atoms with E-state index in [0.717, 1.165) is 0 Å². The summed E-state index contributed by atoms with van der Waals surface area (Å²) in [4.78, 5) is 40.6. The van der Waals surface area contributed by atoms with Gasteiger partial charge in [-0.3, -0.25) is 14.4 Å². The monoisotopic (exact) mass is 435 g/mol. The number of amides is 3. The van der Waals surface area contributed by atoms with Gasteiger partial charge in [0.15, 0.2) is 0 Å². The summed E-state index contributed by atoms with van der Waals surface area (Å²) in [5.41, 5.74) is 0.861. The number of anilines is 1. The summed E-state index contributed by atoms with van der Waals surface area (Å²) in [7, 11) is 4.75. The molecule has 0 spiro atoms. The zero-order chi connectivity index (χ0) is 23.1. The second kappa shape index (κ2) is 11.1. The van der Waals surface area contributed by atoms with Crippen LogP contribution in [0, 0.1) is 5.92 Å². The number of methoxy groups -OCH3 is 2. The van der Waals surface area contributed by atoms with E-state index in [0.29, 0.717) is 30.1 Å². The van der Waals surface area contributed by atoms with Crippen LogP contribution in [0.1, 0.15) is 31.1 Å². The highest BCUT2D eigenvalue weighted by molar-refractivity contribution is 5.98. The van der Waals surface area contributed by atoms with Crippen LogP contribution in [0.2, 0.25) is 0 Å². The molecule has 1 heterocycles. The van der Waals surface area contributed by atoms with Crippen molar-refractivity contribution in [2.75, 3.05) is 52.9 Å². The van der Waals surface area contributed by atoms with Crippen LogP contribution in [0.15, 0.2) is 18.2 Å². The molecule has 9 nitrogen and oxygen atoms in total. The molecule has 0 radical (unpaired) electrons. The molecule has 0 bridgehead atoms. The average molecular weight is 436 g/mol. The molecule has 2 rings (SSSR count). The standard InChI is InChI=1S/C22H33N3O6/c1-14-10-25(16(3)26)15(2)12-31-19-9-17(23-21(27)13-29-5)7-8-18(19)22(28)24(4)11-20(14)30-6/h7-9,14-15,20H,10-13H2,1-6H3,(H,23,27)/t14-,15+,20-/m0/s1. The molecular formula is C22H33N3O6. The van der Waals surface area contributed by atoms with E-state index in [1.165, 1.54) is 14.0 Å². The van der Waals surface area contributed by atoms with Crippen molar-refractivity contribution in [3.8, 4) is 5.75 Å². The predicted octanol–water partition coefficient (Wildman–Crippen LogP) is 1.62. The first-order valence-corrected chi connectivity index (χ1v) is 10.3. The Hall–Kier alpha value is -2.65. The van der Waals surface area contributed by atoms with Crippen LogP contribution in [0.4, 0.5) is 5.69 Å². The van der Waals surface area contributed by atoms with Gasteiger partial charge in [0.05, 0.1) is 17.7 Å². The van der Waals surface area contributed by atoms with Crippen molar-refractivity contribution in [3.05, 3.63) is 23.8 Å². The molecule has 0 saturated carbocycles. The van der Waals surface area contributed by atoms with E-state index in [2.05, 4.69) is 5.32 Å². The maximum Gasteiger partial charge on any atom is 0.257 e. The number of ether oxygens (including phenoxy) is 3. The molecule has 0 saturated heterocycles. The van der Waals surface area contributed by atoms with Gasteiger partial charge in [-0.05, 0) is 19.1 Å². The zero-order valence-corrected chi connectivity index (χ0v) is 19.1. The fourth-order valence-corrected chi connectivity index (χ4v) is 3.62. The van der Waals surface area contributed by atoms with E-state index in [4.69, 9.17) is 14.2 Å². The summed E-state index contributed by atoms with van der Waals surface area (Å²) in [6.45, 7) is 6.40. The minimum atomic E-state index is -0.313. The molecule has 0 unspecified atom stereocenters. The van der Waals surface area contributed by atoms with Crippen LogP contribution in [0.3, 0.4) is 0 Å². The van der Waals surface area contributed by atoms with Crippen LogP contribution >= 0.6 is 0 Å². The quantitative estimate of drug-likeness (QED) is 0.772. The molecule has 31 heavy (non-hydrogen) atoms. The molecule has 3 atom stereocenters. The molecule has 3 amide bonds. The van der Waals surface area contributed by atoms with Crippen LogP contribution in [0.5, 0.6) is 5.75 Å². The number of likely N-dealkylation sites (N-methyl/N-ethyl adjacent to an activating group) is 1. The zero-order valence-electron chi connectivity index (χ0n) is 19.1. The fraction of sp³-hybridized carbons (Fsp3) is 0.591. The average Bonchev–Trinajstić information content (AvgIpc) is 2.72. The lowest BCUT2D eigenvalue weighted by Crippen LogP contribution is -2.48. The molecular weight excluding hydrogens is 402 g/mol. The number of fused-ring (bicyclic) bond motifs is 1. The van der Waals surface area contributed by atoms with Crippen molar-refractivity contribution in [2.45, 2.75) is 32.9 Å². The first kappa shape index (κ1) is 24.6. The highest BCUT2D eigenvalue weighted by atomic mass is 16.5. The van der Waals surface area contributed by atoms with Crippen LogP contribution < -0.4 is 10.1 Å². The lowest BCUT2D eigenvalue weighted by Gasteiger charge is -2.35. The first-order chi connectivity index (χ1) is 14.7. The van der Waals surface area contributed by atoms with E-state index in [9.17, 15) is 14.4 Å². The molecule has 1 aromatic carbocycles. The number of benzene rings is 1. The van der Waals surface area contributed by atoms with E-state index >= 15 is 0 Å². The second-order valence-corrected chi connectivity index (χ2v) is 7.96. The Labute approximate surface area is 183 Å². The van der Waals surface area contributed by atoms with Gasteiger partial charge in [0.1, 0.15) is 19.0 Å². The van der Waals surface area contributed by atoms with Crippen molar-refractivity contribution in [1.29, 1.82) is 0 Å². The topological polar surface area (TPSA) is 97.4 Å². The van der Waals surface area contributed by atoms with Crippen LogP contribution in [-0.4, -0.2) is 87.2 Å². The second-order valence-electron chi connectivity index (χ2n) is 7.96. The number of hydrogen-bond acceptors (Lipinski definition) is 6. The van der Waals surface area contributed by atoms with Crippen molar-refractivity contribution < 1.29 is 28.6 Å². The highest BCUT2D eigenvalue weighted by Crippen LogP contribution is 2.26. The molecule has 0 aliphatic carbocycles. The summed E-state index contributed by atoms with van der Waals surface area (Å²) in [5, 5.41) is 2.71. The van der Waals surface area contributed by atoms with Gasteiger partial charge in [0.25, 0.3) is 5.91 Å². The Bertz CT molecular complexity index is 799. The fourth-order valence-electron chi connectivity index (χ4n) is 3.62. The number of nitrogens with one attached hydrogen (secondary N) is 1. The minimum Gasteiger partial charge on any atom is -0.491 e. The first-order valence-electron chi connectivity index (χ1n) is 10.3. The molecule has 1 aromatic rings. The Balaban J connectivity index is 2.41. The molecule has 1 N–H and O–H groups in total. The largest absolute Gasteiger partial charge is 0.491 e. The van der Waals surface area contributed by atoms with Gasteiger partial charge in [-0.1, -0.05) is 6.92 Å². The smallest absolute Gasteiger partial charge is 0.257 e. The maximum atomic E-state index is 13.1. The number of carbonyl (C=O) groups excluding carboxylic acids is 3. The molecule has 1 aliphatic heterocycles. The number of nitrogens with zero attached hydrogens (tertiary/aromatic N) is 2. The van der Waals surface area contributed by atoms with E-state index in [1.54, 1.807) is 42.2 Å². The van der Waals surface area contributed by atoms with E-state index < -0.39 is 0 Å². The summed E-state index contributed by atoms with van der Waals surface area (Å²) in [5.74, 6) is -0.225. The van der Waals surface area contributed by atoms with Gasteiger partial charge in [0, 0.05) is 59.0 Å². The normalized spacial score (nSPS) is 22.6. The van der Waals surface area contributed by atoms with Crippen molar-refractivity contribution in [1.82, 2.24) is 9.80 Å². The lowest BCUT2D eigenvalue weighted by molar-refractivity contribution is -0.133. The Morgan fingerprint density at radius 3 is 2.55 bits per heavy atom. The van der Waals surface area contributed by atoms with Crippen LogP contribution in [0.25, 0.3) is 0 Å². The van der Waals surface area contributed by atoms with Gasteiger partial charge in [-0.15, -0.1) is 0 Å². The maximum absolute atomic E-state index is 13.1. The highest BCUT2D eigenvalue weighted by Gasteiger charge is 2.29. The summed E-state index contributed by atoms with van der Waals surface area (Å²) in [6.07, 6.45) is -0.237. The molecule has 1 aliphatic rings. The van der Waals surface area contributed by atoms with Gasteiger partial charge in [0.2, 0.25) is 11.8 Å². The molecule has 0 fully saturated rings. The predicted molar refractivity (Wildman–Crippen MR) is 116 cm³/mol. The minimum absolute atomic E-state index is 0.0175. The Kier molecular flexibility index (Phi) is 8.82. The SMILES string of the molecule is COCC(=O)Nc1ccc2c(c1)OC[C@@H](C)N(C(C)=O)C[C@H](C)[C@@H](OC)CN(C)C2=O. The van der Waals surface area contributed by atoms with E-state index in [-0.39, 0.29) is 49.0 Å². The third-order valence-corrected chi connectivity index (χ3v) is 5.41. The number of rotatable bonds is 4. The van der Waals surface area contributed by atoms with Gasteiger partial charge in [-0.25, -0.2) is 0 Å². The van der Waals surface area contributed by atoms with Gasteiger partial charge >= 0.3 is 0 Å². The Morgan fingerprint density at radius 1 is 1.23 bits per heavy atom. The van der Waals surface area contributed by atoms with Crippen molar-refractivity contribution in [2.24, 2.45) is 5.92 Å². The van der Waals surface area contributed by atoms with Crippen LogP contribution in [-0.2, 0) is 19.1 Å². The molecule has 0 aromatic heterocycles.